The summed E-state index contributed by atoms with van der Waals surface area (Å²) in [5, 5.41) is 0. The maximum atomic E-state index is 6.05. The standard InChI is InChI=1S/C15H16N4O2/c1-9-4-6-11-14(17-9)19(15(16)18-11)12-7-5-10(20-2)8-13(12)21-3/h4-8H,1-3H3,(H2,16,18). The number of pyridine rings is 1. The van der Waals surface area contributed by atoms with Crippen molar-refractivity contribution in [3.63, 3.8) is 0 Å². The van der Waals surface area contributed by atoms with Gasteiger partial charge in [0.1, 0.15) is 17.0 Å². The van der Waals surface area contributed by atoms with Crippen molar-refractivity contribution in [1.82, 2.24) is 14.5 Å². The Kier molecular flexibility index (Phi) is 3.13. The van der Waals surface area contributed by atoms with Gasteiger partial charge >= 0.3 is 0 Å². The fraction of sp³-hybridized carbons (Fsp3) is 0.200. The Balaban J connectivity index is 2.29. The number of rotatable bonds is 3. The molecule has 0 aliphatic rings. The number of methoxy groups -OCH3 is 2. The molecule has 0 aliphatic heterocycles. The highest BCUT2D eigenvalue weighted by Gasteiger charge is 2.15. The summed E-state index contributed by atoms with van der Waals surface area (Å²) in [6, 6.07) is 9.33. The molecule has 1 aromatic carbocycles. The van der Waals surface area contributed by atoms with Gasteiger partial charge in [-0.2, -0.15) is 0 Å². The first-order valence-corrected chi connectivity index (χ1v) is 6.48. The first-order valence-electron chi connectivity index (χ1n) is 6.48. The van der Waals surface area contributed by atoms with Gasteiger partial charge in [-0.05, 0) is 31.2 Å². The van der Waals surface area contributed by atoms with E-state index in [1.165, 1.54) is 0 Å². The molecule has 0 atom stereocenters. The van der Waals surface area contributed by atoms with E-state index in [1.54, 1.807) is 24.9 Å². The van der Waals surface area contributed by atoms with Gasteiger partial charge < -0.3 is 15.2 Å². The zero-order valence-corrected chi connectivity index (χ0v) is 12.1. The summed E-state index contributed by atoms with van der Waals surface area (Å²) in [5.41, 5.74) is 9.18. The van der Waals surface area contributed by atoms with Crippen LogP contribution in [0.3, 0.4) is 0 Å². The van der Waals surface area contributed by atoms with Crippen LogP contribution in [0, 0.1) is 6.92 Å². The number of nitrogen functional groups attached to an aromatic ring is 1. The molecule has 0 saturated carbocycles. The number of aryl methyl sites for hydroxylation is 1. The van der Waals surface area contributed by atoms with E-state index in [0.29, 0.717) is 23.1 Å². The van der Waals surface area contributed by atoms with E-state index in [4.69, 9.17) is 15.2 Å². The van der Waals surface area contributed by atoms with Gasteiger partial charge in [-0.25, -0.2) is 9.97 Å². The first kappa shape index (κ1) is 13.2. The molecule has 6 heteroatoms. The number of hydrogen-bond acceptors (Lipinski definition) is 5. The number of fused-ring (bicyclic) bond motifs is 1. The van der Waals surface area contributed by atoms with E-state index in [2.05, 4.69) is 9.97 Å². The Labute approximate surface area is 122 Å². The van der Waals surface area contributed by atoms with Crippen LogP contribution < -0.4 is 15.2 Å². The van der Waals surface area contributed by atoms with Gasteiger partial charge in [0.15, 0.2) is 5.65 Å². The number of ether oxygens (including phenoxy) is 2. The van der Waals surface area contributed by atoms with Gasteiger partial charge in [0, 0.05) is 11.8 Å². The second-order valence-corrected chi connectivity index (χ2v) is 4.64. The quantitative estimate of drug-likeness (QED) is 0.799. The number of anilines is 1. The summed E-state index contributed by atoms with van der Waals surface area (Å²) in [7, 11) is 3.21. The van der Waals surface area contributed by atoms with Crippen LogP contribution in [0.5, 0.6) is 11.5 Å². The van der Waals surface area contributed by atoms with Gasteiger partial charge in [0.05, 0.1) is 19.9 Å². The van der Waals surface area contributed by atoms with Crippen molar-refractivity contribution in [1.29, 1.82) is 0 Å². The highest BCUT2D eigenvalue weighted by atomic mass is 16.5. The minimum Gasteiger partial charge on any atom is -0.497 e. The zero-order valence-electron chi connectivity index (χ0n) is 12.1. The number of benzene rings is 1. The fourth-order valence-corrected chi connectivity index (χ4v) is 2.28. The maximum Gasteiger partial charge on any atom is 0.207 e. The fourth-order valence-electron chi connectivity index (χ4n) is 2.28. The van der Waals surface area contributed by atoms with Crippen LogP contribution in [0.15, 0.2) is 30.3 Å². The van der Waals surface area contributed by atoms with Crippen molar-refractivity contribution in [3.8, 4) is 17.2 Å². The summed E-state index contributed by atoms with van der Waals surface area (Å²) in [6.07, 6.45) is 0. The van der Waals surface area contributed by atoms with Gasteiger partial charge in [-0.3, -0.25) is 4.57 Å². The average molecular weight is 284 g/mol. The first-order chi connectivity index (χ1) is 10.1. The third-order valence-electron chi connectivity index (χ3n) is 3.30. The average Bonchev–Trinajstić information content (AvgIpc) is 2.81. The van der Waals surface area contributed by atoms with Crippen molar-refractivity contribution in [3.05, 3.63) is 36.0 Å². The molecule has 0 bridgehead atoms. The van der Waals surface area contributed by atoms with E-state index in [9.17, 15) is 0 Å². The Hall–Kier alpha value is -2.76. The smallest absolute Gasteiger partial charge is 0.207 e. The molecule has 0 fully saturated rings. The zero-order chi connectivity index (χ0) is 15.0. The molecule has 21 heavy (non-hydrogen) atoms. The van der Waals surface area contributed by atoms with Crippen LogP contribution in [0.1, 0.15) is 5.69 Å². The summed E-state index contributed by atoms with van der Waals surface area (Å²) >= 11 is 0. The Morgan fingerprint density at radius 2 is 1.86 bits per heavy atom. The molecule has 2 N–H and O–H groups in total. The largest absolute Gasteiger partial charge is 0.497 e. The van der Waals surface area contributed by atoms with Crippen LogP contribution in [-0.4, -0.2) is 28.8 Å². The molecule has 2 aromatic heterocycles. The molecule has 3 aromatic rings. The molecule has 0 radical (unpaired) electrons. The number of nitrogens with zero attached hydrogens (tertiary/aromatic N) is 3. The minimum atomic E-state index is 0.367. The van der Waals surface area contributed by atoms with Crippen molar-refractivity contribution >= 4 is 17.1 Å². The number of aromatic nitrogens is 3. The lowest BCUT2D eigenvalue weighted by molar-refractivity contribution is 0.393. The van der Waals surface area contributed by atoms with Crippen LogP contribution in [-0.2, 0) is 0 Å². The van der Waals surface area contributed by atoms with Crippen molar-refractivity contribution in [2.45, 2.75) is 6.92 Å². The molecule has 0 saturated heterocycles. The van der Waals surface area contributed by atoms with Gasteiger partial charge in [-0.15, -0.1) is 0 Å². The van der Waals surface area contributed by atoms with E-state index in [0.717, 1.165) is 16.9 Å². The van der Waals surface area contributed by atoms with Gasteiger partial charge in [-0.1, -0.05) is 0 Å². The van der Waals surface area contributed by atoms with Crippen LogP contribution in [0.2, 0.25) is 0 Å². The Bertz CT molecular complexity index is 811. The second kappa shape index (κ2) is 4.97. The lowest BCUT2D eigenvalue weighted by Crippen LogP contribution is -2.04. The summed E-state index contributed by atoms with van der Waals surface area (Å²) in [6.45, 7) is 1.93. The van der Waals surface area contributed by atoms with E-state index in [1.807, 2.05) is 31.2 Å². The summed E-state index contributed by atoms with van der Waals surface area (Å²) in [5.74, 6) is 1.72. The SMILES string of the molecule is COc1ccc(-n2c(N)nc3ccc(C)nc32)c(OC)c1. The van der Waals surface area contributed by atoms with Crippen molar-refractivity contribution in [2.75, 3.05) is 20.0 Å². The lowest BCUT2D eigenvalue weighted by Gasteiger charge is -2.12. The molecular weight excluding hydrogens is 268 g/mol. The molecule has 2 heterocycles. The molecular formula is C15H16N4O2. The van der Waals surface area contributed by atoms with Crippen molar-refractivity contribution in [2.24, 2.45) is 0 Å². The Morgan fingerprint density at radius 1 is 1.05 bits per heavy atom. The summed E-state index contributed by atoms with van der Waals surface area (Å²) in [4.78, 5) is 8.86. The molecule has 0 unspecified atom stereocenters. The van der Waals surface area contributed by atoms with Crippen LogP contribution >= 0.6 is 0 Å². The van der Waals surface area contributed by atoms with E-state index >= 15 is 0 Å². The molecule has 0 aliphatic carbocycles. The van der Waals surface area contributed by atoms with Crippen molar-refractivity contribution < 1.29 is 9.47 Å². The predicted octanol–water partition coefficient (Wildman–Crippen LogP) is 2.33. The molecule has 6 nitrogen and oxygen atoms in total. The highest BCUT2D eigenvalue weighted by molar-refractivity contribution is 5.78. The van der Waals surface area contributed by atoms with E-state index < -0.39 is 0 Å². The number of hydrogen-bond donors (Lipinski definition) is 1. The third kappa shape index (κ3) is 2.14. The predicted molar refractivity (Wildman–Crippen MR) is 81.1 cm³/mol. The third-order valence-corrected chi connectivity index (χ3v) is 3.30. The monoisotopic (exact) mass is 284 g/mol. The normalized spacial score (nSPS) is 10.8. The molecule has 3 rings (SSSR count). The number of nitrogens with two attached hydrogens (primary N) is 1. The summed E-state index contributed by atoms with van der Waals surface area (Å²) < 4.78 is 12.4. The number of imidazole rings is 1. The molecule has 0 spiro atoms. The lowest BCUT2D eigenvalue weighted by atomic mass is 10.2. The van der Waals surface area contributed by atoms with Gasteiger partial charge in [0.25, 0.3) is 0 Å². The molecule has 0 amide bonds. The topological polar surface area (TPSA) is 75.2 Å². The molecule has 108 valence electrons. The van der Waals surface area contributed by atoms with Crippen LogP contribution in [0.4, 0.5) is 5.95 Å². The van der Waals surface area contributed by atoms with E-state index in [-0.39, 0.29) is 0 Å². The second-order valence-electron chi connectivity index (χ2n) is 4.64. The highest BCUT2D eigenvalue weighted by Crippen LogP contribution is 2.31. The Morgan fingerprint density at radius 3 is 2.57 bits per heavy atom. The van der Waals surface area contributed by atoms with Gasteiger partial charge in [0.2, 0.25) is 5.95 Å². The minimum absolute atomic E-state index is 0.367. The van der Waals surface area contributed by atoms with Crippen LogP contribution in [0.25, 0.3) is 16.9 Å². The maximum absolute atomic E-state index is 6.05.